The van der Waals surface area contributed by atoms with E-state index in [1.165, 1.54) is 31.0 Å². The number of hydrogen-bond acceptors (Lipinski definition) is 12. The molecule has 1 saturated heterocycles. The van der Waals surface area contributed by atoms with Crippen molar-refractivity contribution in [2.75, 3.05) is 19.4 Å². The highest BCUT2D eigenvalue weighted by molar-refractivity contribution is 7.52. The van der Waals surface area contributed by atoms with Gasteiger partial charge < -0.3 is 29.9 Å². The first-order valence-corrected chi connectivity index (χ1v) is 14.1. The molecule has 0 saturated carbocycles. The maximum absolute atomic E-state index is 13.8. The van der Waals surface area contributed by atoms with Crippen molar-refractivity contribution in [2.45, 2.75) is 56.8 Å². The lowest BCUT2D eigenvalue weighted by atomic mass is 9.92. The number of fused-ring (bicyclic) bond motifs is 1. The highest BCUT2D eigenvalue weighted by atomic mass is 31.2. The number of para-hydroxylation sites is 1. The number of aromatic nitrogens is 3. The minimum Gasteiger partial charge on any atom is -0.462 e. The Morgan fingerprint density at radius 1 is 1.27 bits per heavy atom. The number of carbonyl (C=O) groups is 1. The van der Waals surface area contributed by atoms with Crippen molar-refractivity contribution in [2.24, 2.45) is 4.99 Å². The largest absolute Gasteiger partial charge is 0.462 e. The van der Waals surface area contributed by atoms with Crippen LogP contribution in [-0.4, -0.2) is 81.1 Å². The summed E-state index contributed by atoms with van der Waals surface area (Å²) in [5, 5.41) is 29.0. The first-order valence-electron chi connectivity index (χ1n) is 12.5. The summed E-state index contributed by atoms with van der Waals surface area (Å²) in [6.45, 7) is 4.33. The van der Waals surface area contributed by atoms with Crippen molar-refractivity contribution in [3.05, 3.63) is 54.5 Å². The lowest BCUT2D eigenvalue weighted by Crippen LogP contribution is -2.43. The van der Waals surface area contributed by atoms with E-state index in [9.17, 15) is 19.6 Å². The van der Waals surface area contributed by atoms with Crippen LogP contribution in [0.2, 0.25) is 0 Å². The predicted octanol–water partition coefficient (Wildman–Crippen LogP) is 1.46. The average molecular weight is 577 g/mol. The van der Waals surface area contributed by atoms with Gasteiger partial charge in [0.05, 0.1) is 18.4 Å². The molecule has 1 aliphatic rings. The molecule has 6 atom stereocenters. The Balaban J connectivity index is 1.60. The highest BCUT2D eigenvalue weighted by Crippen LogP contribution is 2.47. The van der Waals surface area contributed by atoms with E-state index in [1.807, 2.05) is 0 Å². The SMILES string of the molecule is CN=C[C@@]1(c2ccc3c(N)ncnn23)OC(COP(=O)(N[C@@H](C)C(=O)OC(C)C)Oc2ccccc2)[C@@H](O)[C@H]1O. The molecule has 3 heterocycles. The molecule has 2 unspecified atom stereocenters. The number of nitrogen functional groups attached to an aromatic ring is 1. The molecule has 15 heteroatoms. The van der Waals surface area contributed by atoms with Gasteiger partial charge >= 0.3 is 13.7 Å². The summed E-state index contributed by atoms with van der Waals surface area (Å²) < 4.78 is 37.9. The van der Waals surface area contributed by atoms with Crippen LogP contribution >= 0.6 is 7.75 Å². The fourth-order valence-electron chi connectivity index (χ4n) is 4.31. The predicted molar refractivity (Wildman–Crippen MR) is 145 cm³/mol. The van der Waals surface area contributed by atoms with E-state index in [0.717, 1.165) is 0 Å². The smallest absolute Gasteiger partial charge is 0.459 e. The number of aliphatic imine (C=N–C) groups is 1. The van der Waals surface area contributed by atoms with Crippen LogP contribution in [0, 0.1) is 0 Å². The summed E-state index contributed by atoms with van der Waals surface area (Å²) in [4.78, 5) is 20.4. The Kier molecular flexibility index (Phi) is 8.88. The van der Waals surface area contributed by atoms with Gasteiger partial charge in [-0.25, -0.2) is 14.1 Å². The quantitative estimate of drug-likeness (QED) is 0.146. The summed E-state index contributed by atoms with van der Waals surface area (Å²) in [5.74, 6) is -0.254. The summed E-state index contributed by atoms with van der Waals surface area (Å²) in [7, 11) is -2.77. The van der Waals surface area contributed by atoms with E-state index < -0.39 is 56.4 Å². The Morgan fingerprint density at radius 2 is 2.00 bits per heavy atom. The van der Waals surface area contributed by atoms with Crippen LogP contribution in [0.1, 0.15) is 26.5 Å². The molecule has 3 aromatic rings. The Bertz CT molecular complexity index is 1400. The zero-order valence-corrected chi connectivity index (χ0v) is 23.3. The molecule has 40 heavy (non-hydrogen) atoms. The number of anilines is 1. The lowest BCUT2D eigenvalue weighted by molar-refractivity contribution is -0.149. The number of ether oxygens (including phenoxy) is 2. The van der Waals surface area contributed by atoms with Crippen molar-refractivity contribution in [1.82, 2.24) is 19.7 Å². The second-order valence-electron chi connectivity index (χ2n) is 9.47. The molecule has 0 amide bonds. The second-order valence-corrected chi connectivity index (χ2v) is 11.2. The van der Waals surface area contributed by atoms with Gasteiger partial charge in [0, 0.05) is 13.3 Å². The topological polar surface area (TPSA) is 192 Å². The van der Waals surface area contributed by atoms with Gasteiger partial charge in [0.1, 0.15) is 41.9 Å². The van der Waals surface area contributed by atoms with E-state index in [-0.39, 0.29) is 11.6 Å². The van der Waals surface area contributed by atoms with Gasteiger partial charge in [-0.1, -0.05) is 18.2 Å². The van der Waals surface area contributed by atoms with Crippen LogP contribution < -0.4 is 15.3 Å². The number of nitrogens with one attached hydrogen (secondary N) is 1. The van der Waals surface area contributed by atoms with Gasteiger partial charge in [-0.2, -0.15) is 10.2 Å². The van der Waals surface area contributed by atoms with Gasteiger partial charge in [0.15, 0.2) is 11.4 Å². The number of carbonyl (C=O) groups excluding carboxylic acids is 1. The van der Waals surface area contributed by atoms with Crippen LogP contribution in [0.4, 0.5) is 5.82 Å². The fourth-order valence-corrected chi connectivity index (χ4v) is 5.81. The molecule has 1 aromatic carbocycles. The Morgan fingerprint density at radius 3 is 2.67 bits per heavy atom. The number of esters is 1. The molecule has 0 bridgehead atoms. The molecule has 5 N–H and O–H groups in total. The first kappa shape index (κ1) is 29.6. The normalized spacial score (nSPS) is 25.3. The molecule has 216 valence electrons. The van der Waals surface area contributed by atoms with Crippen molar-refractivity contribution in [1.29, 1.82) is 0 Å². The fraction of sp³-hybridized carbons (Fsp3) is 0.440. The molecule has 0 aliphatic carbocycles. The summed E-state index contributed by atoms with van der Waals surface area (Å²) in [5.41, 5.74) is 5.07. The van der Waals surface area contributed by atoms with Crippen molar-refractivity contribution >= 4 is 31.3 Å². The zero-order chi connectivity index (χ0) is 29.1. The minimum absolute atomic E-state index is 0.202. The van der Waals surface area contributed by atoms with Crippen LogP contribution in [-0.2, 0) is 29.0 Å². The molecule has 1 aliphatic heterocycles. The number of nitrogens with zero attached hydrogens (tertiary/aromatic N) is 4. The van der Waals surface area contributed by atoms with Gasteiger partial charge in [-0.3, -0.25) is 14.3 Å². The van der Waals surface area contributed by atoms with Crippen LogP contribution in [0.25, 0.3) is 5.52 Å². The molecule has 14 nitrogen and oxygen atoms in total. The van der Waals surface area contributed by atoms with Crippen LogP contribution in [0.15, 0.2) is 53.8 Å². The third-order valence-electron chi connectivity index (χ3n) is 6.13. The summed E-state index contributed by atoms with van der Waals surface area (Å²) in [6.07, 6.45) is -2.05. The monoisotopic (exact) mass is 576 g/mol. The number of rotatable bonds is 11. The van der Waals surface area contributed by atoms with Gasteiger partial charge in [-0.05, 0) is 45.0 Å². The van der Waals surface area contributed by atoms with E-state index >= 15 is 0 Å². The molecular weight excluding hydrogens is 543 g/mol. The van der Waals surface area contributed by atoms with Crippen LogP contribution in [0.5, 0.6) is 5.75 Å². The maximum atomic E-state index is 13.8. The third-order valence-corrected chi connectivity index (χ3v) is 7.77. The van der Waals surface area contributed by atoms with Crippen LogP contribution in [0.3, 0.4) is 0 Å². The van der Waals surface area contributed by atoms with E-state index in [4.69, 9.17) is 24.3 Å². The molecular formula is C25H33N6O8P. The molecule has 0 spiro atoms. The Labute approximate surface area is 230 Å². The number of aliphatic hydroxyl groups excluding tert-OH is 2. The number of aliphatic hydroxyl groups is 2. The first-order chi connectivity index (χ1) is 19.0. The minimum atomic E-state index is -4.26. The highest BCUT2D eigenvalue weighted by Gasteiger charge is 2.56. The molecule has 4 rings (SSSR count). The number of benzene rings is 1. The molecule has 1 fully saturated rings. The summed E-state index contributed by atoms with van der Waals surface area (Å²) >= 11 is 0. The molecule has 2 aromatic heterocycles. The number of hydrogen-bond donors (Lipinski definition) is 4. The lowest BCUT2D eigenvalue weighted by Gasteiger charge is -2.28. The van der Waals surface area contributed by atoms with E-state index in [0.29, 0.717) is 11.2 Å². The van der Waals surface area contributed by atoms with E-state index in [2.05, 4.69) is 20.2 Å². The van der Waals surface area contributed by atoms with Gasteiger partial charge in [0.2, 0.25) is 0 Å². The third kappa shape index (κ3) is 6.02. The maximum Gasteiger partial charge on any atom is 0.459 e. The Hall–Kier alpha value is -3.39. The second kappa shape index (κ2) is 12.0. The van der Waals surface area contributed by atoms with Gasteiger partial charge in [0.25, 0.3) is 0 Å². The van der Waals surface area contributed by atoms with E-state index in [1.54, 1.807) is 56.3 Å². The summed E-state index contributed by atoms with van der Waals surface area (Å²) in [6, 6.07) is 10.4. The van der Waals surface area contributed by atoms with Crippen molar-refractivity contribution in [3.8, 4) is 5.75 Å². The molecule has 0 radical (unpaired) electrons. The zero-order valence-electron chi connectivity index (χ0n) is 22.4. The standard InChI is InChI=1S/C25H33N6O8P/c1-15(2)37-24(34)16(3)30-40(35,39-17-8-6-5-7-9-17)36-12-19-21(32)22(33)25(38-19,13-27-4)20-11-10-18-23(26)28-14-29-31(18)20/h5-11,13-16,19,21-22,32-33H,12H2,1-4H3,(H,30,35)(H2,26,28,29)/t16-,19?,21+,22+,25-,40?/m0/s1. The number of nitrogens with two attached hydrogens (primary N) is 1. The van der Waals surface area contributed by atoms with Crippen molar-refractivity contribution in [3.63, 3.8) is 0 Å². The van der Waals surface area contributed by atoms with Gasteiger partial charge in [-0.15, -0.1) is 0 Å². The van der Waals surface area contributed by atoms with Crippen molar-refractivity contribution < 1.29 is 38.1 Å². The average Bonchev–Trinajstić information content (AvgIpc) is 3.45.